The fourth-order valence-corrected chi connectivity index (χ4v) is 1.51. The van der Waals surface area contributed by atoms with Gasteiger partial charge in [-0.05, 0) is 5.21 Å². The minimum Gasteiger partial charge on any atom is -0.481 e. The first-order chi connectivity index (χ1) is 7.16. The summed E-state index contributed by atoms with van der Waals surface area (Å²) in [6.07, 6.45) is 0.0933. The largest absolute Gasteiger partial charge is 0.481 e. The van der Waals surface area contributed by atoms with Crippen molar-refractivity contribution in [2.45, 2.75) is 6.42 Å². The third kappa shape index (κ3) is 1.92. The number of nitrogens with one attached hydrogen (secondary N) is 1. The number of carbonyl (C=O) groups excluding carboxylic acids is 1. The van der Waals surface area contributed by atoms with E-state index in [1.807, 2.05) is 0 Å². The third-order valence-corrected chi connectivity index (χ3v) is 2.24. The van der Waals surface area contributed by atoms with Crippen LogP contribution in [0, 0.1) is 5.92 Å². The zero-order chi connectivity index (χ0) is 10.8. The number of hydrogen-bond donors (Lipinski definition) is 2. The van der Waals surface area contributed by atoms with Crippen molar-refractivity contribution in [3.63, 3.8) is 0 Å². The molecule has 8 nitrogen and oxygen atoms in total. The van der Waals surface area contributed by atoms with Gasteiger partial charge in [0.2, 0.25) is 0 Å². The molecule has 1 saturated heterocycles. The molecule has 2 N–H and O–H groups in total. The minimum absolute atomic E-state index is 0.0174. The number of aliphatic carboxylic acids is 1. The standard InChI is InChI=1S/C7H9N5O3/c13-5(14)1-4-2-12(3-4)7(15)6-8-10-11-9-6/h4H,1-3H2,(H,13,14)(H,8,9,10,11). The maximum Gasteiger partial charge on any atom is 0.303 e. The molecule has 80 valence electrons. The summed E-state index contributed by atoms with van der Waals surface area (Å²) in [6.45, 7) is 0.888. The topological polar surface area (TPSA) is 112 Å². The lowest BCUT2D eigenvalue weighted by molar-refractivity contribution is -0.139. The zero-order valence-electron chi connectivity index (χ0n) is 7.75. The Hall–Kier alpha value is -1.99. The van der Waals surface area contributed by atoms with Crippen LogP contribution in [-0.4, -0.2) is 55.6 Å². The van der Waals surface area contributed by atoms with Crippen LogP contribution < -0.4 is 0 Å². The van der Waals surface area contributed by atoms with Crippen molar-refractivity contribution >= 4 is 11.9 Å². The molecule has 2 rings (SSSR count). The van der Waals surface area contributed by atoms with Crippen molar-refractivity contribution < 1.29 is 14.7 Å². The first-order valence-electron chi connectivity index (χ1n) is 4.41. The normalized spacial score (nSPS) is 16.1. The molecule has 0 bridgehead atoms. The van der Waals surface area contributed by atoms with Crippen LogP contribution in [0.25, 0.3) is 0 Å². The molecular formula is C7H9N5O3. The molecule has 2 heterocycles. The van der Waals surface area contributed by atoms with Crippen LogP contribution in [-0.2, 0) is 4.79 Å². The fourth-order valence-electron chi connectivity index (χ4n) is 1.51. The molecule has 0 aliphatic carbocycles. The van der Waals surface area contributed by atoms with E-state index >= 15 is 0 Å². The van der Waals surface area contributed by atoms with Gasteiger partial charge in [0.15, 0.2) is 0 Å². The Morgan fingerprint density at radius 2 is 2.27 bits per heavy atom. The molecule has 1 aromatic rings. The van der Waals surface area contributed by atoms with Crippen LogP contribution in [0.4, 0.5) is 0 Å². The lowest BCUT2D eigenvalue weighted by Gasteiger charge is -2.37. The summed E-state index contributed by atoms with van der Waals surface area (Å²) < 4.78 is 0. The molecular weight excluding hydrogens is 202 g/mol. The van der Waals surface area contributed by atoms with Crippen LogP contribution in [0.1, 0.15) is 17.0 Å². The molecule has 1 aliphatic heterocycles. The summed E-state index contributed by atoms with van der Waals surface area (Å²) in [6, 6.07) is 0. The van der Waals surface area contributed by atoms with E-state index in [1.165, 1.54) is 4.90 Å². The van der Waals surface area contributed by atoms with Crippen molar-refractivity contribution in [3.8, 4) is 0 Å². The molecule has 0 aromatic carbocycles. The van der Waals surface area contributed by atoms with E-state index in [-0.39, 0.29) is 24.1 Å². The highest BCUT2D eigenvalue weighted by Crippen LogP contribution is 2.20. The highest BCUT2D eigenvalue weighted by atomic mass is 16.4. The lowest BCUT2D eigenvalue weighted by Crippen LogP contribution is -2.50. The SMILES string of the molecule is O=C(O)CC1CN(C(=O)c2nn[nH]n2)C1. The number of amides is 1. The monoisotopic (exact) mass is 211 g/mol. The molecule has 8 heteroatoms. The summed E-state index contributed by atoms with van der Waals surface area (Å²) in [4.78, 5) is 23.4. The van der Waals surface area contributed by atoms with E-state index in [4.69, 9.17) is 5.11 Å². The van der Waals surface area contributed by atoms with Gasteiger partial charge in [0.1, 0.15) is 0 Å². The zero-order valence-corrected chi connectivity index (χ0v) is 7.75. The second kappa shape index (κ2) is 3.64. The molecule has 0 spiro atoms. The van der Waals surface area contributed by atoms with Crippen LogP contribution in [0.2, 0.25) is 0 Å². The van der Waals surface area contributed by atoms with Crippen molar-refractivity contribution in [2.24, 2.45) is 5.92 Å². The van der Waals surface area contributed by atoms with Gasteiger partial charge in [-0.15, -0.1) is 10.2 Å². The van der Waals surface area contributed by atoms with E-state index < -0.39 is 5.97 Å². The van der Waals surface area contributed by atoms with Gasteiger partial charge in [-0.1, -0.05) is 0 Å². The third-order valence-electron chi connectivity index (χ3n) is 2.24. The molecule has 0 unspecified atom stereocenters. The molecule has 0 radical (unpaired) electrons. The average molecular weight is 211 g/mol. The number of likely N-dealkylation sites (tertiary alicyclic amines) is 1. The average Bonchev–Trinajstić information content (AvgIpc) is 2.61. The van der Waals surface area contributed by atoms with Gasteiger partial charge in [-0.25, -0.2) is 0 Å². The smallest absolute Gasteiger partial charge is 0.303 e. The maximum absolute atomic E-state index is 11.5. The van der Waals surface area contributed by atoms with Crippen LogP contribution in [0.15, 0.2) is 0 Å². The van der Waals surface area contributed by atoms with E-state index in [1.54, 1.807) is 0 Å². The van der Waals surface area contributed by atoms with Crippen molar-refractivity contribution in [3.05, 3.63) is 5.82 Å². The summed E-state index contributed by atoms with van der Waals surface area (Å²) in [7, 11) is 0. The maximum atomic E-state index is 11.5. The van der Waals surface area contributed by atoms with Crippen molar-refractivity contribution in [1.29, 1.82) is 0 Å². The predicted octanol–water partition coefficient (Wildman–Crippen LogP) is -1.25. The lowest BCUT2D eigenvalue weighted by atomic mass is 9.96. The Bertz CT molecular complexity index is 370. The number of aromatic amines is 1. The Morgan fingerprint density at radius 1 is 1.53 bits per heavy atom. The number of carbonyl (C=O) groups is 2. The second-order valence-electron chi connectivity index (χ2n) is 3.41. The van der Waals surface area contributed by atoms with Gasteiger partial charge in [-0.2, -0.15) is 5.21 Å². The molecule has 0 saturated carbocycles. The number of nitrogens with zero attached hydrogens (tertiary/aromatic N) is 4. The van der Waals surface area contributed by atoms with E-state index in [0.29, 0.717) is 13.1 Å². The Kier molecular flexibility index (Phi) is 2.32. The highest BCUT2D eigenvalue weighted by molar-refractivity contribution is 5.90. The van der Waals surface area contributed by atoms with E-state index in [9.17, 15) is 9.59 Å². The van der Waals surface area contributed by atoms with Gasteiger partial charge in [0.05, 0.1) is 6.42 Å². The predicted molar refractivity (Wildman–Crippen MR) is 45.8 cm³/mol. The van der Waals surface area contributed by atoms with Crippen LogP contribution in [0.3, 0.4) is 0 Å². The van der Waals surface area contributed by atoms with Crippen LogP contribution >= 0.6 is 0 Å². The second-order valence-corrected chi connectivity index (χ2v) is 3.41. The van der Waals surface area contributed by atoms with Gasteiger partial charge in [-0.3, -0.25) is 9.59 Å². The van der Waals surface area contributed by atoms with Crippen LogP contribution in [0.5, 0.6) is 0 Å². The number of hydrogen-bond acceptors (Lipinski definition) is 5. The molecule has 1 aliphatic rings. The summed E-state index contributed by atoms with van der Waals surface area (Å²) in [5.74, 6) is -1.10. The summed E-state index contributed by atoms with van der Waals surface area (Å²) in [5.41, 5.74) is 0. The number of aromatic nitrogens is 4. The fraction of sp³-hybridized carbons (Fsp3) is 0.571. The molecule has 1 fully saturated rings. The van der Waals surface area contributed by atoms with Gasteiger partial charge in [0, 0.05) is 19.0 Å². The first kappa shape index (κ1) is 9.56. The molecule has 1 aromatic heterocycles. The highest BCUT2D eigenvalue weighted by Gasteiger charge is 2.34. The van der Waals surface area contributed by atoms with Crippen molar-refractivity contribution in [1.82, 2.24) is 25.5 Å². The number of H-pyrrole nitrogens is 1. The molecule has 15 heavy (non-hydrogen) atoms. The Balaban J connectivity index is 1.85. The number of carboxylic acids is 1. The van der Waals surface area contributed by atoms with Gasteiger partial charge in [0.25, 0.3) is 11.7 Å². The van der Waals surface area contributed by atoms with Crippen molar-refractivity contribution in [2.75, 3.05) is 13.1 Å². The summed E-state index contributed by atoms with van der Waals surface area (Å²) >= 11 is 0. The van der Waals surface area contributed by atoms with Gasteiger partial charge >= 0.3 is 5.97 Å². The number of rotatable bonds is 3. The summed E-state index contributed by atoms with van der Waals surface area (Å²) in [5, 5.41) is 21.1. The van der Waals surface area contributed by atoms with E-state index in [2.05, 4.69) is 20.6 Å². The Labute approximate surface area is 84.3 Å². The molecule has 1 amide bonds. The molecule has 0 atom stereocenters. The first-order valence-corrected chi connectivity index (χ1v) is 4.41. The quantitative estimate of drug-likeness (QED) is 0.645. The Morgan fingerprint density at radius 3 is 2.80 bits per heavy atom. The number of carboxylic acid groups (broad SMARTS) is 1. The van der Waals surface area contributed by atoms with Gasteiger partial charge < -0.3 is 10.0 Å². The van der Waals surface area contributed by atoms with E-state index in [0.717, 1.165) is 0 Å². The minimum atomic E-state index is -0.841. The number of tetrazole rings is 1.